The first-order valence-electron chi connectivity index (χ1n) is 11.2. The minimum Gasteiger partial charge on any atom is -0.481 e. The smallest absolute Gasteiger partial charge is 0.407 e. The van der Waals surface area contributed by atoms with Gasteiger partial charge in [0.15, 0.2) is 0 Å². The predicted molar refractivity (Wildman–Crippen MR) is 123 cm³/mol. The zero-order valence-corrected chi connectivity index (χ0v) is 20.4. The number of hydrogen-bond acceptors (Lipinski definition) is 7. The van der Waals surface area contributed by atoms with E-state index < -0.39 is 23.2 Å². The molecule has 32 heavy (non-hydrogen) atoms. The van der Waals surface area contributed by atoms with Gasteiger partial charge in [0.25, 0.3) is 0 Å². The van der Waals surface area contributed by atoms with Crippen LogP contribution in [0.4, 0.5) is 4.79 Å². The van der Waals surface area contributed by atoms with Crippen LogP contribution in [0.2, 0.25) is 0 Å². The van der Waals surface area contributed by atoms with E-state index in [0.717, 1.165) is 12.8 Å². The van der Waals surface area contributed by atoms with Gasteiger partial charge in [0.1, 0.15) is 5.60 Å². The van der Waals surface area contributed by atoms with Crippen molar-refractivity contribution >= 4 is 23.7 Å². The lowest BCUT2D eigenvalue weighted by atomic mass is 9.95. The van der Waals surface area contributed by atoms with E-state index in [1.54, 1.807) is 27.7 Å². The summed E-state index contributed by atoms with van der Waals surface area (Å²) in [6, 6.07) is 0. The van der Waals surface area contributed by atoms with Crippen LogP contribution < -0.4 is 16.0 Å². The van der Waals surface area contributed by atoms with Crippen LogP contribution in [0.1, 0.15) is 80.1 Å². The summed E-state index contributed by atoms with van der Waals surface area (Å²) in [7, 11) is 0. The van der Waals surface area contributed by atoms with Crippen molar-refractivity contribution in [2.45, 2.75) is 91.2 Å². The standard InChI is InChI=1S/C22H42N4O6/c1-16(26-31)22(5,6)25-15-12-17(11-14-24-20(30)32-21(2,3)4)10-13-23-18(27)8-7-9-19(28)29/h17,25,31H,7-15H2,1-6H3,(H,23,27)(H,24,30)(H,28,29)/b26-16+. The first-order chi connectivity index (χ1) is 14.8. The highest BCUT2D eigenvalue weighted by atomic mass is 16.6. The number of carboxylic acid groups (broad SMARTS) is 1. The van der Waals surface area contributed by atoms with Gasteiger partial charge in [0.2, 0.25) is 5.91 Å². The van der Waals surface area contributed by atoms with E-state index in [9.17, 15) is 14.4 Å². The van der Waals surface area contributed by atoms with Crippen LogP contribution in [0, 0.1) is 5.92 Å². The fraction of sp³-hybridized carbons (Fsp3) is 0.818. The second-order valence-corrected chi connectivity index (χ2v) is 9.50. The van der Waals surface area contributed by atoms with Gasteiger partial charge >= 0.3 is 12.1 Å². The van der Waals surface area contributed by atoms with Gasteiger partial charge in [-0.2, -0.15) is 0 Å². The molecule has 0 aromatic carbocycles. The third kappa shape index (κ3) is 15.4. The Balaban J connectivity index is 4.59. The highest BCUT2D eigenvalue weighted by molar-refractivity contribution is 5.90. The summed E-state index contributed by atoms with van der Waals surface area (Å²) < 4.78 is 5.25. The Hall–Kier alpha value is -2.36. The Morgan fingerprint density at radius 3 is 2.03 bits per heavy atom. The van der Waals surface area contributed by atoms with E-state index >= 15 is 0 Å². The minimum atomic E-state index is -0.910. The van der Waals surface area contributed by atoms with E-state index in [1.807, 2.05) is 13.8 Å². The summed E-state index contributed by atoms with van der Waals surface area (Å²) in [6.45, 7) is 12.6. The quantitative estimate of drug-likeness (QED) is 0.144. The molecule has 1 unspecified atom stereocenters. The SMILES string of the molecule is C/C(=N\O)C(C)(C)NCCC(CCNC(=O)CCCC(=O)O)CCNC(=O)OC(C)(C)C. The van der Waals surface area contributed by atoms with E-state index in [-0.39, 0.29) is 24.7 Å². The number of nitrogens with one attached hydrogen (secondary N) is 3. The summed E-state index contributed by atoms with van der Waals surface area (Å²) >= 11 is 0. The second kappa shape index (κ2) is 14.7. The maximum atomic E-state index is 11.9. The van der Waals surface area contributed by atoms with E-state index in [2.05, 4.69) is 21.1 Å². The van der Waals surface area contributed by atoms with Gasteiger partial charge in [-0.05, 0) is 79.7 Å². The Morgan fingerprint density at radius 1 is 0.938 bits per heavy atom. The Morgan fingerprint density at radius 2 is 1.50 bits per heavy atom. The fourth-order valence-electron chi connectivity index (χ4n) is 2.87. The molecular weight excluding hydrogens is 416 g/mol. The van der Waals surface area contributed by atoms with Gasteiger partial charge in [-0.1, -0.05) is 5.16 Å². The number of rotatable bonds is 15. The molecule has 5 N–H and O–H groups in total. The molecule has 186 valence electrons. The number of alkyl carbamates (subject to hydrolysis) is 1. The maximum absolute atomic E-state index is 11.9. The lowest BCUT2D eigenvalue weighted by Crippen LogP contribution is -2.46. The molecule has 0 radical (unpaired) electrons. The molecule has 0 saturated heterocycles. The van der Waals surface area contributed by atoms with Gasteiger partial charge in [-0.3, -0.25) is 9.59 Å². The van der Waals surface area contributed by atoms with Crippen LogP contribution in [0.5, 0.6) is 0 Å². The summed E-state index contributed by atoms with van der Waals surface area (Å²) in [5.74, 6) is -0.850. The summed E-state index contributed by atoms with van der Waals surface area (Å²) in [5, 5.41) is 29.9. The molecule has 0 spiro atoms. The Kier molecular flexibility index (Phi) is 13.6. The number of ether oxygens (including phenoxy) is 1. The molecule has 0 aromatic rings. The predicted octanol–water partition coefficient (Wildman–Crippen LogP) is 2.89. The third-order valence-corrected chi connectivity index (χ3v) is 5.06. The average molecular weight is 459 g/mol. The molecule has 0 aliphatic heterocycles. The average Bonchev–Trinajstić information content (AvgIpc) is 2.65. The normalized spacial score (nSPS) is 13.4. The van der Waals surface area contributed by atoms with Crippen molar-refractivity contribution < 1.29 is 29.4 Å². The summed E-state index contributed by atoms with van der Waals surface area (Å²) in [5.41, 5.74) is -0.433. The van der Waals surface area contributed by atoms with Crippen molar-refractivity contribution in [3.05, 3.63) is 0 Å². The molecule has 10 nitrogen and oxygen atoms in total. The van der Waals surface area contributed by atoms with Crippen LogP contribution >= 0.6 is 0 Å². The zero-order chi connectivity index (χ0) is 24.8. The minimum absolute atomic E-state index is 0.0234. The van der Waals surface area contributed by atoms with Gasteiger partial charge < -0.3 is 31.0 Å². The van der Waals surface area contributed by atoms with Crippen molar-refractivity contribution in [1.82, 2.24) is 16.0 Å². The number of carbonyl (C=O) groups excluding carboxylic acids is 2. The number of nitrogens with zero attached hydrogens (tertiary/aromatic N) is 1. The van der Waals surface area contributed by atoms with Crippen LogP contribution in [0.25, 0.3) is 0 Å². The van der Waals surface area contributed by atoms with Crippen LogP contribution in [-0.2, 0) is 14.3 Å². The Labute approximate surface area is 191 Å². The van der Waals surface area contributed by atoms with Gasteiger partial charge in [-0.25, -0.2) is 4.79 Å². The number of carboxylic acids is 1. The molecule has 0 aliphatic rings. The van der Waals surface area contributed by atoms with Crippen molar-refractivity contribution in [2.24, 2.45) is 11.1 Å². The van der Waals surface area contributed by atoms with Gasteiger partial charge in [-0.15, -0.1) is 0 Å². The van der Waals surface area contributed by atoms with Crippen molar-refractivity contribution in [3.63, 3.8) is 0 Å². The number of hydrogen-bond donors (Lipinski definition) is 5. The van der Waals surface area contributed by atoms with Crippen molar-refractivity contribution in [3.8, 4) is 0 Å². The molecule has 0 aliphatic carbocycles. The molecule has 0 aromatic heterocycles. The highest BCUT2D eigenvalue weighted by Gasteiger charge is 2.22. The molecule has 0 heterocycles. The van der Waals surface area contributed by atoms with E-state index in [1.165, 1.54) is 0 Å². The molecular formula is C22H42N4O6. The molecule has 2 amide bonds. The largest absolute Gasteiger partial charge is 0.481 e. The van der Waals surface area contributed by atoms with Crippen LogP contribution in [0.15, 0.2) is 5.16 Å². The van der Waals surface area contributed by atoms with Crippen LogP contribution in [0.3, 0.4) is 0 Å². The molecule has 0 fully saturated rings. The first kappa shape index (κ1) is 29.6. The highest BCUT2D eigenvalue weighted by Crippen LogP contribution is 2.14. The first-order valence-corrected chi connectivity index (χ1v) is 11.2. The van der Waals surface area contributed by atoms with Crippen molar-refractivity contribution in [1.29, 1.82) is 0 Å². The monoisotopic (exact) mass is 458 g/mol. The molecule has 10 heteroatoms. The zero-order valence-electron chi connectivity index (χ0n) is 20.4. The molecule has 0 rings (SSSR count). The molecule has 0 saturated carbocycles. The topological polar surface area (TPSA) is 149 Å². The number of aliphatic carboxylic acids is 1. The lowest BCUT2D eigenvalue weighted by molar-refractivity contribution is -0.137. The lowest BCUT2D eigenvalue weighted by Gasteiger charge is -2.27. The third-order valence-electron chi connectivity index (χ3n) is 5.06. The fourth-order valence-corrected chi connectivity index (χ4v) is 2.87. The van der Waals surface area contributed by atoms with Crippen LogP contribution in [-0.4, -0.2) is 64.8 Å². The number of amides is 2. The Bertz CT molecular complexity index is 628. The van der Waals surface area contributed by atoms with E-state index in [4.69, 9.17) is 15.1 Å². The molecule has 0 bridgehead atoms. The van der Waals surface area contributed by atoms with Gasteiger partial charge in [0.05, 0.1) is 11.3 Å². The van der Waals surface area contributed by atoms with E-state index in [0.29, 0.717) is 38.2 Å². The van der Waals surface area contributed by atoms with Gasteiger partial charge in [0, 0.05) is 25.9 Å². The van der Waals surface area contributed by atoms with Crippen molar-refractivity contribution in [2.75, 3.05) is 19.6 Å². The second-order valence-electron chi connectivity index (χ2n) is 9.50. The number of carbonyl (C=O) groups is 3. The summed E-state index contributed by atoms with van der Waals surface area (Å²) in [4.78, 5) is 34.3. The molecule has 1 atom stereocenters. The summed E-state index contributed by atoms with van der Waals surface area (Å²) in [6.07, 6.45) is 2.25. The number of oxime groups is 1. The maximum Gasteiger partial charge on any atom is 0.407 e.